The molecule has 1 aromatic carbocycles. The van der Waals surface area contributed by atoms with Crippen LogP contribution in [0.3, 0.4) is 0 Å². The fourth-order valence-corrected chi connectivity index (χ4v) is 1.96. The number of amides is 2. The van der Waals surface area contributed by atoms with Crippen molar-refractivity contribution in [1.29, 1.82) is 0 Å². The standard InChI is InChI=1S/C13H19N3O2/c14-10-3-5-11(6-4-10)16-13(17)15-8-7-12-2-1-9-18-12/h3-6,12H,1-2,7-9,14H2,(H2,15,16,17). The van der Waals surface area contributed by atoms with Gasteiger partial charge in [0.05, 0.1) is 6.10 Å². The van der Waals surface area contributed by atoms with Crippen molar-refractivity contribution < 1.29 is 9.53 Å². The van der Waals surface area contributed by atoms with Crippen LogP contribution in [0, 0.1) is 0 Å². The van der Waals surface area contributed by atoms with Crippen LogP contribution in [-0.2, 0) is 4.74 Å². The Morgan fingerprint density at radius 3 is 2.83 bits per heavy atom. The molecule has 98 valence electrons. The quantitative estimate of drug-likeness (QED) is 0.714. The largest absolute Gasteiger partial charge is 0.399 e. The zero-order valence-corrected chi connectivity index (χ0v) is 10.3. The summed E-state index contributed by atoms with van der Waals surface area (Å²) < 4.78 is 5.48. The zero-order chi connectivity index (χ0) is 12.8. The minimum Gasteiger partial charge on any atom is -0.399 e. The number of nitrogen functional groups attached to an aromatic ring is 1. The first-order valence-corrected chi connectivity index (χ1v) is 6.26. The van der Waals surface area contributed by atoms with Crippen LogP contribution in [0.25, 0.3) is 0 Å². The third-order valence-electron chi connectivity index (χ3n) is 2.94. The molecule has 5 heteroatoms. The summed E-state index contributed by atoms with van der Waals surface area (Å²) >= 11 is 0. The first-order chi connectivity index (χ1) is 8.74. The lowest BCUT2D eigenvalue weighted by atomic mass is 10.2. The van der Waals surface area contributed by atoms with Crippen LogP contribution in [0.1, 0.15) is 19.3 Å². The normalized spacial score (nSPS) is 18.6. The topological polar surface area (TPSA) is 76.4 Å². The van der Waals surface area contributed by atoms with Crippen LogP contribution in [0.4, 0.5) is 16.2 Å². The number of hydrogen-bond acceptors (Lipinski definition) is 3. The van der Waals surface area contributed by atoms with E-state index in [4.69, 9.17) is 10.5 Å². The number of nitrogens with two attached hydrogens (primary N) is 1. The van der Waals surface area contributed by atoms with Crippen molar-refractivity contribution in [2.45, 2.75) is 25.4 Å². The van der Waals surface area contributed by atoms with E-state index >= 15 is 0 Å². The number of anilines is 2. The Balaban J connectivity index is 1.66. The Bertz CT molecular complexity index is 386. The molecule has 1 atom stereocenters. The van der Waals surface area contributed by atoms with Crippen LogP contribution in [0.15, 0.2) is 24.3 Å². The lowest BCUT2D eigenvalue weighted by Crippen LogP contribution is -2.31. The van der Waals surface area contributed by atoms with Gasteiger partial charge in [-0.1, -0.05) is 0 Å². The molecule has 1 saturated heterocycles. The van der Waals surface area contributed by atoms with Crippen LogP contribution < -0.4 is 16.4 Å². The fourth-order valence-electron chi connectivity index (χ4n) is 1.96. The van der Waals surface area contributed by atoms with E-state index in [0.717, 1.165) is 31.6 Å². The molecule has 1 aliphatic rings. The molecule has 0 spiro atoms. The SMILES string of the molecule is Nc1ccc(NC(=O)NCCC2CCCO2)cc1. The lowest BCUT2D eigenvalue weighted by molar-refractivity contribution is 0.105. The Kier molecular flexibility index (Phi) is 4.41. The van der Waals surface area contributed by atoms with Crippen LogP contribution in [0.2, 0.25) is 0 Å². The molecule has 4 N–H and O–H groups in total. The number of rotatable bonds is 4. The van der Waals surface area contributed by atoms with Gasteiger partial charge in [-0.25, -0.2) is 4.79 Å². The highest BCUT2D eigenvalue weighted by Gasteiger charge is 2.14. The monoisotopic (exact) mass is 249 g/mol. The third-order valence-corrected chi connectivity index (χ3v) is 2.94. The maximum absolute atomic E-state index is 11.6. The van der Waals surface area contributed by atoms with Crippen molar-refractivity contribution in [1.82, 2.24) is 5.32 Å². The predicted molar refractivity (Wildman–Crippen MR) is 71.5 cm³/mol. The van der Waals surface area contributed by atoms with E-state index in [-0.39, 0.29) is 6.03 Å². The molecule has 1 unspecified atom stereocenters. The van der Waals surface area contributed by atoms with E-state index in [9.17, 15) is 4.79 Å². The summed E-state index contributed by atoms with van der Waals surface area (Å²) in [6, 6.07) is 6.85. The highest BCUT2D eigenvalue weighted by molar-refractivity contribution is 5.89. The number of carbonyl (C=O) groups excluding carboxylic acids is 1. The van der Waals surface area contributed by atoms with E-state index in [0.29, 0.717) is 18.3 Å². The van der Waals surface area contributed by atoms with Crippen molar-refractivity contribution in [3.63, 3.8) is 0 Å². The van der Waals surface area contributed by atoms with Gasteiger partial charge >= 0.3 is 6.03 Å². The Labute approximate surface area is 107 Å². The Morgan fingerprint density at radius 2 is 2.17 bits per heavy atom. The summed E-state index contributed by atoms with van der Waals surface area (Å²) in [5.41, 5.74) is 6.98. The highest BCUT2D eigenvalue weighted by Crippen LogP contribution is 2.14. The zero-order valence-electron chi connectivity index (χ0n) is 10.3. The summed E-state index contributed by atoms with van der Waals surface area (Å²) in [5, 5.41) is 5.56. The second kappa shape index (κ2) is 6.26. The third kappa shape index (κ3) is 3.92. The number of hydrogen-bond donors (Lipinski definition) is 3. The van der Waals surface area contributed by atoms with E-state index in [1.54, 1.807) is 24.3 Å². The van der Waals surface area contributed by atoms with E-state index in [2.05, 4.69) is 10.6 Å². The predicted octanol–water partition coefficient (Wildman–Crippen LogP) is 1.96. The maximum atomic E-state index is 11.6. The van der Waals surface area contributed by atoms with Gasteiger partial charge in [0.15, 0.2) is 0 Å². The molecule has 1 aromatic rings. The second-order valence-electron chi connectivity index (χ2n) is 4.43. The van der Waals surface area contributed by atoms with Gasteiger partial charge in [0.2, 0.25) is 0 Å². The van der Waals surface area contributed by atoms with Crippen molar-refractivity contribution in [2.24, 2.45) is 0 Å². The molecule has 0 bridgehead atoms. The van der Waals surface area contributed by atoms with Gasteiger partial charge < -0.3 is 21.1 Å². The van der Waals surface area contributed by atoms with E-state index in [1.807, 2.05) is 0 Å². The molecule has 0 aromatic heterocycles. The summed E-state index contributed by atoms with van der Waals surface area (Å²) in [6.07, 6.45) is 3.40. The molecular weight excluding hydrogens is 230 g/mol. The molecule has 1 aliphatic heterocycles. The van der Waals surface area contributed by atoms with Crippen molar-refractivity contribution >= 4 is 17.4 Å². The van der Waals surface area contributed by atoms with Crippen molar-refractivity contribution in [3.05, 3.63) is 24.3 Å². The first kappa shape index (κ1) is 12.7. The minimum atomic E-state index is -0.197. The molecule has 2 rings (SSSR count). The number of ether oxygens (including phenoxy) is 1. The minimum absolute atomic E-state index is 0.197. The Morgan fingerprint density at radius 1 is 1.39 bits per heavy atom. The number of benzene rings is 1. The highest BCUT2D eigenvalue weighted by atomic mass is 16.5. The molecular formula is C13H19N3O2. The van der Waals surface area contributed by atoms with Crippen LogP contribution in [-0.4, -0.2) is 25.3 Å². The van der Waals surface area contributed by atoms with Gasteiger partial charge in [-0.2, -0.15) is 0 Å². The molecule has 1 fully saturated rings. The summed E-state index contributed by atoms with van der Waals surface area (Å²) in [6.45, 7) is 1.48. The second-order valence-corrected chi connectivity index (χ2v) is 4.43. The van der Waals surface area contributed by atoms with Gasteiger partial charge in [0, 0.05) is 24.5 Å². The van der Waals surface area contributed by atoms with Gasteiger partial charge in [-0.15, -0.1) is 0 Å². The average molecular weight is 249 g/mol. The summed E-state index contributed by atoms with van der Waals surface area (Å²) in [4.78, 5) is 11.6. The number of nitrogens with one attached hydrogen (secondary N) is 2. The van der Waals surface area contributed by atoms with Gasteiger partial charge in [-0.05, 0) is 43.5 Å². The molecule has 0 aliphatic carbocycles. The van der Waals surface area contributed by atoms with Crippen LogP contribution in [0.5, 0.6) is 0 Å². The van der Waals surface area contributed by atoms with Gasteiger partial charge in [0.25, 0.3) is 0 Å². The smallest absolute Gasteiger partial charge is 0.319 e. The molecule has 0 radical (unpaired) electrons. The first-order valence-electron chi connectivity index (χ1n) is 6.26. The van der Waals surface area contributed by atoms with E-state index in [1.165, 1.54) is 0 Å². The molecule has 1 heterocycles. The van der Waals surface area contributed by atoms with Crippen LogP contribution >= 0.6 is 0 Å². The lowest BCUT2D eigenvalue weighted by Gasteiger charge is -2.11. The van der Waals surface area contributed by atoms with Crippen molar-refractivity contribution in [2.75, 3.05) is 24.2 Å². The van der Waals surface area contributed by atoms with Crippen molar-refractivity contribution in [3.8, 4) is 0 Å². The fraction of sp³-hybridized carbons (Fsp3) is 0.462. The average Bonchev–Trinajstić information content (AvgIpc) is 2.85. The Hall–Kier alpha value is -1.75. The van der Waals surface area contributed by atoms with Gasteiger partial charge in [0.1, 0.15) is 0 Å². The number of carbonyl (C=O) groups is 1. The molecule has 18 heavy (non-hydrogen) atoms. The summed E-state index contributed by atoms with van der Waals surface area (Å²) in [7, 11) is 0. The maximum Gasteiger partial charge on any atom is 0.319 e. The van der Waals surface area contributed by atoms with E-state index < -0.39 is 0 Å². The molecule has 0 saturated carbocycles. The van der Waals surface area contributed by atoms with Gasteiger partial charge in [-0.3, -0.25) is 0 Å². The molecule has 5 nitrogen and oxygen atoms in total. The molecule has 2 amide bonds. The number of urea groups is 1. The summed E-state index contributed by atoms with van der Waals surface area (Å²) in [5.74, 6) is 0.